The molecule has 1 aromatic heterocycles. The van der Waals surface area contributed by atoms with Gasteiger partial charge in [-0.05, 0) is 18.4 Å². The number of rotatable bonds is 4. The molecule has 0 aromatic carbocycles. The van der Waals surface area contributed by atoms with Crippen molar-refractivity contribution in [2.24, 2.45) is 5.92 Å². The highest BCUT2D eigenvalue weighted by Gasteiger charge is 2.28. The van der Waals surface area contributed by atoms with E-state index in [0.29, 0.717) is 12.3 Å². The minimum absolute atomic E-state index is 0.306. The summed E-state index contributed by atoms with van der Waals surface area (Å²) < 4.78 is 1.15. The van der Waals surface area contributed by atoms with E-state index in [9.17, 15) is 10.0 Å². The van der Waals surface area contributed by atoms with Crippen molar-refractivity contribution in [1.82, 2.24) is 4.90 Å². The third kappa shape index (κ3) is 4.15. The molecule has 1 aliphatic carbocycles. The molecule has 0 unspecified atom stereocenters. The fourth-order valence-electron chi connectivity index (χ4n) is 3.82. The normalized spacial score (nSPS) is 19.8. The molecule has 5 nitrogen and oxygen atoms in total. The predicted molar refractivity (Wildman–Crippen MR) is 88.4 cm³/mol. The largest absolute Gasteiger partial charge is 0.350 e. The van der Waals surface area contributed by atoms with Crippen molar-refractivity contribution >= 4 is 11.7 Å². The summed E-state index contributed by atoms with van der Waals surface area (Å²) in [7, 11) is 0. The lowest BCUT2D eigenvalue weighted by Gasteiger charge is -2.31. The first kappa shape index (κ1) is 16.1. The van der Waals surface area contributed by atoms with Crippen molar-refractivity contribution in [1.29, 1.82) is 0 Å². The third-order valence-electron chi connectivity index (χ3n) is 5.27. The van der Waals surface area contributed by atoms with E-state index in [4.69, 9.17) is 0 Å². The predicted octanol–water partition coefficient (Wildman–Crippen LogP) is 2.22. The van der Waals surface area contributed by atoms with Gasteiger partial charge in [-0.1, -0.05) is 42.9 Å². The van der Waals surface area contributed by atoms with E-state index in [2.05, 4.69) is 4.90 Å². The van der Waals surface area contributed by atoms with Gasteiger partial charge in [0.05, 0.1) is 13.1 Å². The van der Waals surface area contributed by atoms with Gasteiger partial charge in [0.1, 0.15) is 19.3 Å². The summed E-state index contributed by atoms with van der Waals surface area (Å²) >= 11 is 0. The summed E-state index contributed by atoms with van der Waals surface area (Å²) in [4.78, 5) is 16.5. The van der Waals surface area contributed by atoms with Gasteiger partial charge in [0, 0.05) is 12.5 Å². The second-order valence-electron chi connectivity index (χ2n) is 6.81. The monoisotopic (exact) mass is 318 g/mol. The topological polar surface area (TPSA) is 47.7 Å². The van der Waals surface area contributed by atoms with Crippen LogP contribution in [0.2, 0.25) is 0 Å². The molecule has 126 valence electrons. The first-order valence-electron chi connectivity index (χ1n) is 8.97. The molecule has 1 N–H and O–H groups in total. The Morgan fingerprint density at radius 1 is 1.13 bits per heavy atom. The molecule has 2 fully saturated rings. The van der Waals surface area contributed by atoms with Crippen molar-refractivity contribution in [2.75, 3.05) is 31.1 Å². The number of aromatic nitrogens is 1. The van der Waals surface area contributed by atoms with Crippen LogP contribution in [0, 0.1) is 5.92 Å². The van der Waals surface area contributed by atoms with Crippen LogP contribution in [-0.2, 0) is 4.79 Å². The molecule has 23 heavy (non-hydrogen) atoms. The quantitative estimate of drug-likeness (QED) is 0.684. The summed E-state index contributed by atoms with van der Waals surface area (Å²) in [6, 6.07) is 5.62. The zero-order valence-electron chi connectivity index (χ0n) is 13.9. The lowest BCUT2D eigenvalue weighted by Crippen LogP contribution is -2.52. The average molecular weight is 318 g/mol. The van der Waals surface area contributed by atoms with Crippen LogP contribution in [0.5, 0.6) is 0 Å². The van der Waals surface area contributed by atoms with Crippen LogP contribution in [0.3, 0.4) is 0 Å². The molecule has 0 radical (unpaired) electrons. The van der Waals surface area contributed by atoms with Crippen LogP contribution in [0.4, 0.5) is 5.82 Å². The van der Waals surface area contributed by atoms with Crippen molar-refractivity contribution < 1.29 is 14.7 Å². The number of piperazine rings is 1. The fourth-order valence-corrected chi connectivity index (χ4v) is 3.82. The van der Waals surface area contributed by atoms with Gasteiger partial charge in [0.2, 0.25) is 5.91 Å². The van der Waals surface area contributed by atoms with Gasteiger partial charge in [-0.15, -0.1) is 0 Å². The first-order chi connectivity index (χ1) is 11.2. The fraction of sp³-hybridized carbons (Fsp3) is 0.667. The highest BCUT2D eigenvalue weighted by atomic mass is 16.5. The molecule has 1 aliphatic heterocycles. The number of hydrogen-bond acceptors (Lipinski definition) is 3. The van der Waals surface area contributed by atoms with E-state index >= 15 is 0 Å². The maximum absolute atomic E-state index is 12.4. The molecular weight excluding hydrogens is 290 g/mol. The van der Waals surface area contributed by atoms with Gasteiger partial charge >= 0.3 is 5.82 Å². The number of amides is 1. The van der Waals surface area contributed by atoms with Crippen LogP contribution >= 0.6 is 0 Å². The van der Waals surface area contributed by atoms with Gasteiger partial charge in [-0.2, -0.15) is 0 Å². The Bertz CT molecular complexity index is 521. The smallest absolute Gasteiger partial charge is 0.316 e. The zero-order valence-corrected chi connectivity index (χ0v) is 13.9. The van der Waals surface area contributed by atoms with Gasteiger partial charge in [0.15, 0.2) is 0 Å². The van der Waals surface area contributed by atoms with Crippen molar-refractivity contribution in [2.45, 2.75) is 44.9 Å². The molecule has 5 heteroatoms. The van der Waals surface area contributed by atoms with Gasteiger partial charge in [-0.25, -0.2) is 0 Å². The molecule has 0 bridgehead atoms. The lowest BCUT2D eigenvalue weighted by molar-refractivity contribution is -0.894. The summed E-state index contributed by atoms with van der Waals surface area (Å²) in [5.74, 6) is 1.87. The number of pyridine rings is 1. The third-order valence-corrected chi connectivity index (χ3v) is 5.27. The number of carbonyl (C=O) groups is 1. The Balaban J connectivity index is 1.45. The SMILES string of the molecule is O=C(CCC1CCCCC1)N1CCN(c2cccc[n+]2O)CC1. The molecular formula is C18H28N3O2+. The first-order valence-corrected chi connectivity index (χ1v) is 8.97. The lowest BCUT2D eigenvalue weighted by atomic mass is 9.86. The molecule has 1 saturated carbocycles. The van der Waals surface area contributed by atoms with E-state index in [1.54, 1.807) is 12.3 Å². The van der Waals surface area contributed by atoms with E-state index in [1.807, 2.05) is 17.0 Å². The second-order valence-corrected chi connectivity index (χ2v) is 6.81. The van der Waals surface area contributed by atoms with Crippen LogP contribution in [0.15, 0.2) is 24.4 Å². The van der Waals surface area contributed by atoms with Crippen LogP contribution < -0.4 is 9.63 Å². The average Bonchev–Trinajstić information content (AvgIpc) is 2.61. The summed E-state index contributed by atoms with van der Waals surface area (Å²) in [5.41, 5.74) is 0. The van der Waals surface area contributed by atoms with Crippen LogP contribution in [0.25, 0.3) is 0 Å². The van der Waals surface area contributed by atoms with Crippen molar-refractivity contribution in [3.8, 4) is 0 Å². The minimum Gasteiger partial charge on any atom is -0.350 e. The Labute approximate surface area is 138 Å². The number of anilines is 1. The van der Waals surface area contributed by atoms with E-state index in [0.717, 1.165) is 49.1 Å². The molecule has 1 amide bonds. The molecule has 1 saturated heterocycles. The highest BCUT2D eigenvalue weighted by molar-refractivity contribution is 5.76. The molecule has 2 aliphatic rings. The molecule has 0 spiro atoms. The Morgan fingerprint density at radius 2 is 1.87 bits per heavy atom. The molecule has 1 aromatic rings. The van der Waals surface area contributed by atoms with Gasteiger partial charge in [-0.3, -0.25) is 9.69 Å². The van der Waals surface area contributed by atoms with Crippen molar-refractivity contribution in [3.05, 3.63) is 24.4 Å². The maximum atomic E-state index is 12.4. The van der Waals surface area contributed by atoms with Gasteiger partial charge < -0.3 is 10.1 Å². The standard InChI is InChI=1S/C18H28N3O2/c22-18(10-9-16-6-2-1-3-7-16)20-14-12-19(13-15-20)17-8-4-5-11-21(17)23/h4-5,8,11,16,23H,1-3,6-7,9-10,12-15H2/q+1. The molecule has 2 heterocycles. The summed E-state index contributed by atoms with van der Waals surface area (Å²) in [6.45, 7) is 3.05. The van der Waals surface area contributed by atoms with Crippen molar-refractivity contribution in [3.63, 3.8) is 0 Å². The maximum Gasteiger partial charge on any atom is 0.316 e. The number of hydrogen-bond donors (Lipinski definition) is 1. The summed E-state index contributed by atoms with van der Waals surface area (Å²) in [6.07, 6.45) is 10.1. The minimum atomic E-state index is 0.306. The Hall–Kier alpha value is -1.78. The highest BCUT2D eigenvalue weighted by Crippen LogP contribution is 2.27. The molecule has 0 atom stereocenters. The van der Waals surface area contributed by atoms with Gasteiger partial charge in [0.25, 0.3) is 0 Å². The zero-order chi connectivity index (χ0) is 16.1. The Morgan fingerprint density at radius 3 is 2.57 bits per heavy atom. The van der Waals surface area contributed by atoms with Crippen LogP contribution in [-0.4, -0.2) is 42.2 Å². The Kier molecular flexibility index (Phi) is 5.36. The number of nitrogens with zero attached hydrogens (tertiary/aromatic N) is 3. The number of carbonyl (C=O) groups excluding carboxylic acids is 1. The van der Waals surface area contributed by atoms with E-state index in [1.165, 1.54) is 32.1 Å². The van der Waals surface area contributed by atoms with E-state index < -0.39 is 0 Å². The molecule has 3 rings (SSSR count). The summed E-state index contributed by atoms with van der Waals surface area (Å²) in [5, 5.41) is 9.86. The second kappa shape index (κ2) is 7.66. The van der Waals surface area contributed by atoms with E-state index in [-0.39, 0.29) is 0 Å². The van der Waals surface area contributed by atoms with Crippen LogP contribution in [0.1, 0.15) is 44.9 Å².